The molecule has 1 N–H and O–H groups in total. The van der Waals surface area contributed by atoms with Gasteiger partial charge in [-0.1, -0.05) is 6.07 Å². The largest absolute Gasteiger partial charge is 0.497 e. The van der Waals surface area contributed by atoms with Gasteiger partial charge in [-0.2, -0.15) is 0 Å². The first-order valence-electron chi connectivity index (χ1n) is 11.4. The smallest absolute Gasteiger partial charge is 0.348 e. The molecule has 9 nitrogen and oxygen atoms in total. The topological polar surface area (TPSA) is 111 Å². The van der Waals surface area contributed by atoms with E-state index in [0.717, 1.165) is 20.0 Å². The molecule has 198 valence electrons. The maximum absolute atomic E-state index is 13.9. The monoisotopic (exact) mass is 554 g/mol. The zero-order valence-electron chi connectivity index (χ0n) is 21.2. The van der Waals surface area contributed by atoms with Gasteiger partial charge in [-0.25, -0.2) is 13.2 Å². The number of hydrogen-bond acceptors (Lipinski definition) is 8. The minimum absolute atomic E-state index is 0.0568. The van der Waals surface area contributed by atoms with Crippen LogP contribution in [0.3, 0.4) is 0 Å². The summed E-state index contributed by atoms with van der Waals surface area (Å²) in [6, 6.07) is 18.1. The number of hydrogen-bond donors (Lipinski definition) is 1. The highest BCUT2D eigenvalue weighted by atomic mass is 32.2. The van der Waals surface area contributed by atoms with Crippen LogP contribution in [0.1, 0.15) is 15.2 Å². The summed E-state index contributed by atoms with van der Waals surface area (Å²) in [5, 5.41) is 3.51. The van der Waals surface area contributed by atoms with E-state index in [0.29, 0.717) is 16.3 Å². The minimum atomic E-state index is -4.21. The van der Waals surface area contributed by atoms with Gasteiger partial charge in [0.2, 0.25) is 5.91 Å². The van der Waals surface area contributed by atoms with Crippen LogP contribution in [0.5, 0.6) is 11.5 Å². The second-order valence-electron chi connectivity index (χ2n) is 8.27. The summed E-state index contributed by atoms with van der Waals surface area (Å²) in [4.78, 5) is 25.4. The van der Waals surface area contributed by atoms with Crippen molar-refractivity contribution in [2.45, 2.75) is 11.8 Å². The molecule has 0 radical (unpaired) electrons. The van der Waals surface area contributed by atoms with Crippen molar-refractivity contribution < 1.29 is 32.2 Å². The van der Waals surface area contributed by atoms with Crippen LogP contribution < -0.4 is 19.1 Å². The van der Waals surface area contributed by atoms with Crippen LogP contribution in [0.2, 0.25) is 0 Å². The van der Waals surface area contributed by atoms with Gasteiger partial charge in [0.25, 0.3) is 10.0 Å². The molecule has 0 fully saturated rings. The summed E-state index contributed by atoms with van der Waals surface area (Å²) in [7, 11) is -0.00413. The van der Waals surface area contributed by atoms with Crippen molar-refractivity contribution in [2.24, 2.45) is 0 Å². The molecule has 1 aromatic heterocycles. The first-order valence-corrected chi connectivity index (χ1v) is 13.6. The van der Waals surface area contributed by atoms with Crippen molar-refractivity contribution in [3.05, 3.63) is 77.2 Å². The fraction of sp³-hybridized carbons (Fsp3) is 0.185. The van der Waals surface area contributed by atoms with Gasteiger partial charge in [-0.3, -0.25) is 9.10 Å². The van der Waals surface area contributed by atoms with Crippen LogP contribution in [0.4, 0.5) is 11.4 Å². The molecule has 0 aliphatic heterocycles. The van der Waals surface area contributed by atoms with Gasteiger partial charge in [0.15, 0.2) is 0 Å². The molecule has 1 amide bonds. The molecule has 0 spiro atoms. The van der Waals surface area contributed by atoms with Crippen molar-refractivity contribution in [2.75, 3.05) is 37.5 Å². The summed E-state index contributed by atoms with van der Waals surface area (Å²) in [5.74, 6) is -0.291. The molecule has 11 heteroatoms. The van der Waals surface area contributed by atoms with Crippen LogP contribution in [-0.4, -0.2) is 48.2 Å². The van der Waals surface area contributed by atoms with E-state index in [-0.39, 0.29) is 16.3 Å². The molecule has 38 heavy (non-hydrogen) atoms. The minimum Gasteiger partial charge on any atom is -0.497 e. The summed E-state index contributed by atoms with van der Waals surface area (Å²) >= 11 is 1.28. The third-order valence-electron chi connectivity index (χ3n) is 5.72. The standard InChI is InChI=1S/C27H26N2O7S2/c1-17-5-11-22(35-3)25(13-17)38(32,33)29(20-7-9-21(34-2)10-8-20)16-26(30)28-19-6-12-23-18(14-19)15-24(37-23)27(31)36-4/h5-15H,16H2,1-4H3,(H,28,30). The number of nitrogens with one attached hydrogen (secondary N) is 1. The number of esters is 1. The molecule has 0 saturated carbocycles. The predicted molar refractivity (Wildman–Crippen MR) is 147 cm³/mol. The number of sulfonamides is 1. The van der Waals surface area contributed by atoms with Gasteiger partial charge in [-0.05, 0) is 78.5 Å². The summed E-state index contributed by atoms with van der Waals surface area (Å²) in [6.45, 7) is 1.27. The lowest BCUT2D eigenvalue weighted by Gasteiger charge is -2.25. The van der Waals surface area contributed by atoms with Crippen LogP contribution in [-0.2, 0) is 19.6 Å². The van der Waals surface area contributed by atoms with E-state index < -0.39 is 28.4 Å². The molecule has 0 atom stereocenters. The van der Waals surface area contributed by atoms with Gasteiger partial charge in [0.05, 0.1) is 27.0 Å². The molecule has 1 heterocycles. The third-order valence-corrected chi connectivity index (χ3v) is 8.61. The number of amides is 1. The van der Waals surface area contributed by atoms with E-state index in [9.17, 15) is 18.0 Å². The summed E-state index contributed by atoms with van der Waals surface area (Å²) in [6.07, 6.45) is 0. The number of carbonyl (C=O) groups excluding carboxylic acids is 2. The van der Waals surface area contributed by atoms with Crippen LogP contribution >= 0.6 is 11.3 Å². The summed E-state index contributed by atoms with van der Waals surface area (Å²) in [5.41, 5.74) is 1.45. The Hall–Kier alpha value is -4.09. The number of aryl methyl sites for hydroxylation is 1. The second-order valence-corrected chi connectivity index (χ2v) is 11.2. The fourth-order valence-corrected chi connectivity index (χ4v) is 6.45. The Labute approximate surface area is 224 Å². The Morgan fingerprint density at radius 3 is 2.32 bits per heavy atom. The number of rotatable bonds is 9. The quantitative estimate of drug-likeness (QED) is 0.295. The molecule has 0 bridgehead atoms. The average Bonchev–Trinajstić information content (AvgIpc) is 3.35. The molecule has 0 aliphatic rings. The predicted octanol–water partition coefficient (Wildman–Crippen LogP) is 4.85. The molecular weight excluding hydrogens is 528 g/mol. The van der Waals surface area contributed by atoms with E-state index in [1.807, 2.05) is 0 Å². The zero-order chi connectivity index (χ0) is 27.4. The Morgan fingerprint density at radius 1 is 0.921 bits per heavy atom. The van der Waals surface area contributed by atoms with Crippen LogP contribution in [0.15, 0.2) is 71.6 Å². The highest BCUT2D eigenvalue weighted by Crippen LogP contribution is 2.32. The Morgan fingerprint density at radius 2 is 1.66 bits per heavy atom. The highest BCUT2D eigenvalue weighted by molar-refractivity contribution is 7.93. The van der Waals surface area contributed by atoms with Crippen molar-refractivity contribution in [3.8, 4) is 11.5 Å². The molecule has 4 aromatic rings. The average molecular weight is 555 g/mol. The maximum Gasteiger partial charge on any atom is 0.348 e. The molecular formula is C27H26N2O7S2. The van der Waals surface area contributed by atoms with E-state index in [4.69, 9.17) is 14.2 Å². The number of carbonyl (C=O) groups is 2. The number of nitrogens with zero attached hydrogens (tertiary/aromatic N) is 1. The fourth-order valence-electron chi connectivity index (χ4n) is 3.82. The van der Waals surface area contributed by atoms with Gasteiger partial charge in [0, 0.05) is 10.4 Å². The van der Waals surface area contributed by atoms with Gasteiger partial charge in [-0.15, -0.1) is 11.3 Å². The summed E-state index contributed by atoms with van der Waals surface area (Å²) < 4.78 is 44.9. The van der Waals surface area contributed by atoms with Crippen molar-refractivity contribution in [3.63, 3.8) is 0 Å². The van der Waals surface area contributed by atoms with Gasteiger partial charge in [0.1, 0.15) is 27.8 Å². The zero-order valence-corrected chi connectivity index (χ0v) is 22.8. The van der Waals surface area contributed by atoms with E-state index in [1.54, 1.807) is 67.6 Å². The van der Waals surface area contributed by atoms with Crippen LogP contribution in [0.25, 0.3) is 10.1 Å². The number of methoxy groups -OCH3 is 3. The number of benzene rings is 3. The molecule has 3 aromatic carbocycles. The number of fused-ring (bicyclic) bond motifs is 1. The normalized spacial score (nSPS) is 11.2. The Kier molecular flexibility index (Phi) is 7.88. The van der Waals surface area contributed by atoms with Crippen molar-refractivity contribution >= 4 is 54.7 Å². The maximum atomic E-state index is 13.9. The second kappa shape index (κ2) is 11.1. The van der Waals surface area contributed by atoms with Crippen molar-refractivity contribution in [1.82, 2.24) is 0 Å². The number of thiophene rings is 1. The Balaban J connectivity index is 1.67. The molecule has 0 unspecified atom stereocenters. The van der Waals surface area contributed by atoms with Crippen LogP contribution in [0, 0.1) is 6.92 Å². The van der Waals surface area contributed by atoms with E-state index in [2.05, 4.69) is 5.32 Å². The molecule has 4 rings (SSSR count). The number of ether oxygens (including phenoxy) is 3. The Bertz CT molecular complexity index is 1600. The van der Waals surface area contributed by atoms with E-state index >= 15 is 0 Å². The third kappa shape index (κ3) is 5.58. The molecule has 0 saturated heterocycles. The SMILES string of the molecule is COC(=O)c1cc2cc(NC(=O)CN(c3ccc(OC)cc3)S(=O)(=O)c3cc(C)ccc3OC)ccc2s1. The van der Waals surface area contributed by atoms with E-state index in [1.165, 1.54) is 38.7 Å². The lowest BCUT2D eigenvalue weighted by molar-refractivity contribution is -0.114. The van der Waals surface area contributed by atoms with Crippen molar-refractivity contribution in [1.29, 1.82) is 0 Å². The lowest BCUT2D eigenvalue weighted by atomic mass is 10.2. The lowest BCUT2D eigenvalue weighted by Crippen LogP contribution is -2.38. The number of anilines is 2. The van der Waals surface area contributed by atoms with Gasteiger partial charge < -0.3 is 19.5 Å². The first kappa shape index (κ1) is 27.0. The highest BCUT2D eigenvalue weighted by Gasteiger charge is 2.30. The first-order chi connectivity index (χ1) is 18.2. The van der Waals surface area contributed by atoms with Gasteiger partial charge >= 0.3 is 5.97 Å². The molecule has 0 aliphatic carbocycles.